The number of hydrogen-bond donors (Lipinski definition) is 1. The number of ether oxygens (including phenoxy) is 1. The van der Waals surface area contributed by atoms with E-state index in [0.29, 0.717) is 0 Å². The van der Waals surface area contributed by atoms with Crippen molar-refractivity contribution >= 4 is 0 Å². The first-order valence-corrected chi connectivity index (χ1v) is 7.38. The number of rotatable bonds is 5. The number of nitrogens with two attached hydrogens (primary N) is 1. The number of aryl methyl sites for hydroxylation is 2. The predicted molar refractivity (Wildman–Crippen MR) is 88.9 cm³/mol. The molecule has 0 radical (unpaired) electrons. The van der Waals surface area contributed by atoms with Gasteiger partial charge in [0.15, 0.2) is 0 Å². The predicted octanol–water partition coefficient (Wildman–Crippen LogP) is 3.81. The van der Waals surface area contributed by atoms with E-state index in [-0.39, 0.29) is 5.54 Å². The van der Waals surface area contributed by atoms with Gasteiger partial charge in [0.05, 0.1) is 7.11 Å². The van der Waals surface area contributed by atoms with E-state index in [2.05, 4.69) is 51.1 Å². The van der Waals surface area contributed by atoms with Crippen molar-refractivity contribution in [3.63, 3.8) is 0 Å². The van der Waals surface area contributed by atoms with Crippen molar-refractivity contribution in [2.45, 2.75) is 39.2 Å². The summed E-state index contributed by atoms with van der Waals surface area (Å²) >= 11 is 0. The molecule has 21 heavy (non-hydrogen) atoms. The summed E-state index contributed by atoms with van der Waals surface area (Å²) in [7, 11) is 1.68. The number of hydrogen-bond acceptors (Lipinski definition) is 2. The van der Waals surface area contributed by atoms with Crippen molar-refractivity contribution in [3.8, 4) is 5.75 Å². The highest BCUT2D eigenvalue weighted by molar-refractivity contribution is 5.35. The van der Waals surface area contributed by atoms with Crippen molar-refractivity contribution in [3.05, 3.63) is 64.7 Å². The maximum atomic E-state index is 6.56. The molecule has 0 spiro atoms. The molecular formula is C19H25NO. The van der Waals surface area contributed by atoms with Gasteiger partial charge in [-0.2, -0.15) is 0 Å². The second-order valence-electron chi connectivity index (χ2n) is 6.23. The van der Waals surface area contributed by atoms with Crippen molar-refractivity contribution in [1.82, 2.24) is 0 Å². The summed E-state index contributed by atoms with van der Waals surface area (Å²) in [6.07, 6.45) is 1.74. The highest BCUT2D eigenvalue weighted by Crippen LogP contribution is 2.22. The molecule has 0 aliphatic heterocycles. The van der Waals surface area contributed by atoms with Gasteiger partial charge in [0, 0.05) is 5.54 Å². The molecule has 0 bridgehead atoms. The Morgan fingerprint density at radius 2 is 1.52 bits per heavy atom. The lowest BCUT2D eigenvalue weighted by Gasteiger charge is -2.27. The van der Waals surface area contributed by atoms with Gasteiger partial charge in [0.2, 0.25) is 0 Å². The molecule has 0 fully saturated rings. The third-order valence-corrected chi connectivity index (χ3v) is 3.99. The van der Waals surface area contributed by atoms with Gasteiger partial charge in [-0.3, -0.25) is 0 Å². The zero-order valence-electron chi connectivity index (χ0n) is 13.4. The van der Waals surface area contributed by atoms with Crippen LogP contribution in [0.15, 0.2) is 42.5 Å². The van der Waals surface area contributed by atoms with Crippen LogP contribution in [0, 0.1) is 13.8 Å². The van der Waals surface area contributed by atoms with Crippen LogP contribution < -0.4 is 10.5 Å². The third-order valence-electron chi connectivity index (χ3n) is 3.99. The summed E-state index contributed by atoms with van der Waals surface area (Å²) in [6, 6.07) is 14.6. The van der Waals surface area contributed by atoms with E-state index < -0.39 is 0 Å². The first-order valence-electron chi connectivity index (χ1n) is 7.38. The molecule has 1 unspecified atom stereocenters. The Bertz CT molecular complexity index is 579. The summed E-state index contributed by atoms with van der Waals surface area (Å²) in [4.78, 5) is 0. The van der Waals surface area contributed by atoms with E-state index in [0.717, 1.165) is 18.6 Å². The van der Waals surface area contributed by atoms with E-state index in [9.17, 15) is 0 Å². The van der Waals surface area contributed by atoms with Crippen LogP contribution in [-0.4, -0.2) is 12.6 Å². The van der Waals surface area contributed by atoms with Crippen LogP contribution in [0.1, 0.15) is 29.2 Å². The lowest BCUT2D eigenvalue weighted by molar-refractivity contribution is 0.414. The summed E-state index contributed by atoms with van der Waals surface area (Å²) in [6.45, 7) is 6.45. The quantitative estimate of drug-likeness (QED) is 0.905. The summed E-state index contributed by atoms with van der Waals surface area (Å²) < 4.78 is 5.20. The van der Waals surface area contributed by atoms with Gasteiger partial charge in [-0.25, -0.2) is 0 Å². The normalized spacial score (nSPS) is 13.8. The minimum absolute atomic E-state index is 0.258. The topological polar surface area (TPSA) is 35.2 Å². The van der Waals surface area contributed by atoms with Crippen LogP contribution in [0.2, 0.25) is 0 Å². The molecule has 2 N–H and O–H groups in total. The van der Waals surface area contributed by atoms with Gasteiger partial charge >= 0.3 is 0 Å². The molecule has 2 nitrogen and oxygen atoms in total. The van der Waals surface area contributed by atoms with E-state index >= 15 is 0 Å². The Kier molecular flexibility index (Phi) is 4.69. The van der Waals surface area contributed by atoms with Crippen LogP contribution in [0.25, 0.3) is 0 Å². The van der Waals surface area contributed by atoms with Gasteiger partial charge in [0.1, 0.15) is 5.75 Å². The Morgan fingerprint density at radius 3 is 2.05 bits per heavy atom. The third kappa shape index (κ3) is 4.08. The van der Waals surface area contributed by atoms with Crippen molar-refractivity contribution in [1.29, 1.82) is 0 Å². The standard InChI is InChI=1S/C19H25NO/c1-14-6-5-7-15(2)18(14)13-19(3,20)12-16-8-10-17(21-4)11-9-16/h5-11H,12-13,20H2,1-4H3. The molecule has 2 heteroatoms. The summed E-state index contributed by atoms with van der Waals surface area (Å²) in [5.74, 6) is 0.882. The molecule has 2 aromatic rings. The van der Waals surface area contributed by atoms with Gasteiger partial charge in [-0.05, 0) is 68.0 Å². The maximum absolute atomic E-state index is 6.56. The Labute approximate surface area is 127 Å². The lowest BCUT2D eigenvalue weighted by Crippen LogP contribution is -2.41. The Morgan fingerprint density at radius 1 is 0.952 bits per heavy atom. The Hall–Kier alpha value is -1.80. The minimum atomic E-state index is -0.258. The lowest BCUT2D eigenvalue weighted by atomic mass is 9.84. The number of methoxy groups -OCH3 is 1. The fourth-order valence-electron chi connectivity index (χ4n) is 2.80. The van der Waals surface area contributed by atoms with Crippen molar-refractivity contribution in [2.75, 3.05) is 7.11 Å². The van der Waals surface area contributed by atoms with Crippen LogP contribution in [0.5, 0.6) is 5.75 Å². The molecule has 2 aromatic carbocycles. The zero-order valence-corrected chi connectivity index (χ0v) is 13.4. The molecular weight excluding hydrogens is 258 g/mol. The first-order chi connectivity index (χ1) is 9.91. The average Bonchev–Trinajstić information content (AvgIpc) is 2.43. The highest BCUT2D eigenvalue weighted by atomic mass is 16.5. The molecule has 0 saturated carbocycles. The van der Waals surface area contributed by atoms with Crippen LogP contribution in [0.4, 0.5) is 0 Å². The van der Waals surface area contributed by atoms with E-state index in [1.165, 1.54) is 22.3 Å². The molecule has 0 amide bonds. The minimum Gasteiger partial charge on any atom is -0.497 e. The molecule has 1 atom stereocenters. The first kappa shape index (κ1) is 15.6. The van der Waals surface area contributed by atoms with Crippen molar-refractivity contribution < 1.29 is 4.74 Å². The molecule has 0 heterocycles. The average molecular weight is 283 g/mol. The van der Waals surface area contributed by atoms with E-state index in [1.54, 1.807) is 7.11 Å². The molecule has 0 aromatic heterocycles. The van der Waals surface area contributed by atoms with Crippen molar-refractivity contribution in [2.24, 2.45) is 5.73 Å². The van der Waals surface area contributed by atoms with Gasteiger partial charge < -0.3 is 10.5 Å². The molecule has 2 rings (SSSR count). The second-order valence-corrected chi connectivity index (χ2v) is 6.23. The van der Waals surface area contributed by atoms with Gasteiger partial charge in [0.25, 0.3) is 0 Å². The van der Waals surface area contributed by atoms with Crippen LogP contribution in [0.3, 0.4) is 0 Å². The van der Waals surface area contributed by atoms with Gasteiger partial charge in [-0.15, -0.1) is 0 Å². The van der Waals surface area contributed by atoms with Gasteiger partial charge in [-0.1, -0.05) is 30.3 Å². The monoisotopic (exact) mass is 283 g/mol. The maximum Gasteiger partial charge on any atom is 0.118 e. The van der Waals surface area contributed by atoms with E-state index in [4.69, 9.17) is 10.5 Å². The molecule has 0 aliphatic rings. The molecule has 0 aliphatic carbocycles. The molecule has 112 valence electrons. The smallest absolute Gasteiger partial charge is 0.118 e. The SMILES string of the molecule is COc1ccc(CC(C)(N)Cc2c(C)cccc2C)cc1. The highest BCUT2D eigenvalue weighted by Gasteiger charge is 2.21. The Balaban J connectivity index is 2.14. The summed E-state index contributed by atoms with van der Waals surface area (Å²) in [5, 5.41) is 0. The molecule has 0 saturated heterocycles. The van der Waals surface area contributed by atoms with Crippen LogP contribution >= 0.6 is 0 Å². The number of benzene rings is 2. The fourth-order valence-corrected chi connectivity index (χ4v) is 2.80. The largest absolute Gasteiger partial charge is 0.497 e. The fraction of sp³-hybridized carbons (Fsp3) is 0.368. The second kappa shape index (κ2) is 6.31. The zero-order chi connectivity index (χ0) is 15.5. The van der Waals surface area contributed by atoms with Crippen LogP contribution in [-0.2, 0) is 12.8 Å². The summed E-state index contributed by atoms with van der Waals surface area (Å²) in [5.41, 5.74) is 11.6. The van der Waals surface area contributed by atoms with E-state index in [1.807, 2.05) is 12.1 Å².